The molecular weight excluding hydrogens is 416 g/mol. The van der Waals surface area contributed by atoms with Crippen LogP contribution in [0.1, 0.15) is 16.1 Å². The van der Waals surface area contributed by atoms with Gasteiger partial charge in [-0.05, 0) is 48.6 Å². The molecule has 2 heterocycles. The molecule has 0 saturated carbocycles. The summed E-state index contributed by atoms with van der Waals surface area (Å²) in [5.74, 6) is -1.65. The normalized spacial score (nSPS) is 15.6. The van der Waals surface area contributed by atoms with Gasteiger partial charge in [-0.1, -0.05) is 36.4 Å². The minimum Gasteiger partial charge on any atom is -0.478 e. The van der Waals surface area contributed by atoms with Crippen molar-refractivity contribution >= 4 is 46.9 Å². The van der Waals surface area contributed by atoms with Crippen LogP contribution in [0.5, 0.6) is 0 Å². The third kappa shape index (κ3) is 3.64. The molecule has 1 N–H and O–H groups in total. The van der Waals surface area contributed by atoms with Crippen molar-refractivity contribution in [2.45, 2.75) is 0 Å². The summed E-state index contributed by atoms with van der Waals surface area (Å²) in [7, 11) is 1.50. The van der Waals surface area contributed by atoms with Gasteiger partial charge in [0.05, 0.1) is 11.3 Å². The zero-order valence-electron chi connectivity index (χ0n) is 16.3. The van der Waals surface area contributed by atoms with Gasteiger partial charge in [0.25, 0.3) is 11.8 Å². The van der Waals surface area contributed by atoms with Crippen molar-refractivity contribution in [1.82, 2.24) is 4.90 Å². The molecule has 8 heteroatoms. The predicted molar refractivity (Wildman–Crippen MR) is 118 cm³/mol. The zero-order chi connectivity index (χ0) is 22.1. The summed E-state index contributed by atoms with van der Waals surface area (Å²) in [5, 5.41) is 9.47. The molecule has 0 unspecified atom stereocenters. The molecule has 154 valence electrons. The van der Waals surface area contributed by atoms with Gasteiger partial charge in [-0.15, -0.1) is 0 Å². The number of hydrogen-bond acceptors (Lipinski definition) is 5. The number of amides is 2. The Morgan fingerprint density at radius 2 is 1.65 bits per heavy atom. The molecule has 0 spiro atoms. The Labute approximate surface area is 182 Å². The first-order chi connectivity index (χ1) is 14.9. The minimum atomic E-state index is -1.09. The lowest BCUT2D eigenvalue weighted by atomic mass is 10.1. The number of nitrogens with zero attached hydrogens (tertiary/aromatic N) is 2. The molecule has 4 rings (SSSR count). The number of anilines is 1. The third-order valence-corrected chi connectivity index (χ3v) is 5.25. The second-order valence-electron chi connectivity index (χ2n) is 6.73. The lowest BCUT2D eigenvalue weighted by Crippen LogP contribution is -2.54. The average molecular weight is 432 g/mol. The Balaban J connectivity index is 1.73. The highest BCUT2D eigenvalue weighted by Gasteiger charge is 2.38. The van der Waals surface area contributed by atoms with Gasteiger partial charge in [0.1, 0.15) is 17.1 Å². The summed E-state index contributed by atoms with van der Waals surface area (Å²) in [6, 6.07) is 18.4. The molecule has 1 aromatic heterocycles. The number of rotatable bonds is 4. The lowest BCUT2D eigenvalue weighted by Gasteiger charge is -2.34. The number of likely N-dealkylation sites (N-methyl/N-ethyl adjacent to an activating group) is 1. The van der Waals surface area contributed by atoms with Crippen LogP contribution in [0.4, 0.5) is 5.69 Å². The second kappa shape index (κ2) is 8.00. The van der Waals surface area contributed by atoms with E-state index in [1.54, 1.807) is 54.6 Å². The molecule has 1 aliphatic rings. The molecular formula is C23H16N2O5S. The van der Waals surface area contributed by atoms with Crippen molar-refractivity contribution < 1.29 is 23.9 Å². The van der Waals surface area contributed by atoms with Gasteiger partial charge >= 0.3 is 5.97 Å². The van der Waals surface area contributed by atoms with E-state index in [1.165, 1.54) is 29.0 Å². The number of carbonyl (C=O) groups excluding carboxylic acids is 2. The quantitative estimate of drug-likeness (QED) is 0.383. The zero-order valence-corrected chi connectivity index (χ0v) is 17.1. The van der Waals surface area contributed by atoms with E-state index in [1.807, 2.05) is 6.07 Å². The Bertz CT molecular complexity index is 1250. The van der Waals surface area contributed by atoms with Gasteiger partial charge in [0.15, 0.2) is 5.11 Å². The summed E-state index contributed by atoms with van der Waals surface area (Å²) in [6.45, 7) is 0. The van der Waals surface area contributed by atoms with Crippen LogP contribution in [0.3, 0.4) is 0 Å². The Hall–Kier alpha value is -4.04. The first-order valence-electron chi connectivity index (χ1n) is 9.24. The molecule has 31 heavy (non-hydrogen) atoms. The van der Waals surface area contributed by atoms with Crippen molar-refractivity contribution in [3.8, 4) is 11.3 Å². The Morgan fingerprint density at radius 1 is 0.968 bits per heavy atom. The number of carboxylic acids is 1. The first-order valence-corrected chi connectivity index (χ1v) is 9.65. The molecule has 0 atom stereocenters. The van der Waals surface area contributed by atoms with Crippen LogP contribution in [-0.4, -0.2) is 40.0 Å². The average Bonchev–Trinajstić information content (AvgIpc) is 3.25. The van der Waals surface area contributed by atoms with Gasteiger partial charge < -0.3 is 9.52 Å². The summed E-state index contributed by atoms with van der Waals surface area (Å²) in [4.78, 5) is 39.9. The summed E-state index contributed by atoms with van der Waals surface area (Å²) in [5.41, 5.74) is 0.900. The van der Waals surface area contributed by atoms with Crippen LogP contribution >= 0.6 is 12.2 Å². The number of carboxylic acid groups (broad SMARTS) is 1. The Kier molecular flexibility index (Phi) is 5.22. The molecule has 7 nitrogen and oxygen atoms in total. The third-order valence-electron chi connectivity index (χ3n) is 4.80. The minimum absolute atomic E-state index is 0.0777. The van der Waals surface area contributed by atoms with E-state index in [0.717, 1.165) is 0 Å². The largest absolute Gasteiger partial charge is 0.478 e. The molecule has 1 aliphatic heterocycles. The number of thiocarbonyl (C=S) groups is 1. The summed E-state index contributed by atoms with van der Waals surface area (Å²) < 4.78 is 5.75. The standard InChI is InChI=1S/C23H16N2O5S/c1-24-20(26)18(21(27)25(23(24)31)14-7-3-2-4-8-14)13-15-11-12-19(30-15)16-9-5-6-10-17(16)22(28)29/h2-13H,1H3,(H,28,29)/b18-13-. The summed E-state index contributed by atoms with van der Waals surface area (Å²) >= 11 is 5.31. The van der Waals surface area contributed by atoms with Gasteiger partial charge in [-0.3, -0.25) is 19.4 Å². The molecule has 1 saturated heterocycles. The van der Waals surface area contributed by atoms with Gasteiger partial charge in [0, 0.05) is 12.6 Å². The fraction of sp³-hybridized carbons (Fsp3) is 0.0435. The molecule has 0 radical (unpaired) electrons. The van der Waals surface area contributed by atoms with Crippen LogP contribution in [0, 0.1) is 0 Å². The number of carbonyl (C=O) groups is 3. The maximum Gasteiger partial charge on any atom is 0.336 e. The number of aromatic carboxylic acids is 1. The van der Waals surface area contributed by atoms with Crippen LogP contribution < -0.4 is 4.90 Å². The summed E-state index contributed by atoms with van der Waals surface area (Å²) in [6.07, 6.45) is 1.34. The van der Waals surface area contributed by atoms with E-state index in [9.17, 15) is 19.5 Å². The van der Waals surface area contributed by atoms with E-state index in [0.29, 0.717) is 17.0 Å². The monoisotopic (exact) mass is 432 g/mol. The molecule has 1 fully saturated rings. The van der Waals surface area contributed by atoms with Crippen molar-refractivity contribution in [3.63, 3.8) is 0 Å². The molecule has 2 amide bonds. The maximum atomic E-state index is 13.1. The molecule has 3 aromatic rings. The topological polar surface area (TPSA) is 91.1 Å². The number of hydrogen-bond donors (Lipinski definition) is 1. The molecule has 0 bridgehead atoms. The highest BCUT2D eigenvalue weighted by atomic mass is 32.1. The van der Waals surface area contributed by atoms with E-state index in [2.05, 4.69) is 0 Å². The highest BCUT2D eigenvalue weighted by molar-refractivity contribution is 7.80. The van der Waals surface area contributed by atoms with Crippen LogP contribution in [0.15, 0.2) is 76.7 Å². The lowest BCUT2D eigenvalue weighted by molar-refractivity contribution is -0.127. The molecule has 0 aliphatic carbocycles. The van der Waals surface area contributed by atoms with Crippen LogP contribution in [0.2, 0.25) is 0 Å². The molecule has 2 aromatic carbocycles. The van der Waals surface area contributed by atoms with Crippen molar-refractivity contribution in [3.05, 3.63) is 83.6 Å². The number of furan rings is 1. The SMILES string of the molecule is CN1C(=O)/C(=C/c2ccc(-c3ccccc3C(=O)O)o2)C(=O)N(c2ccccc2)C1=S. The van der Waals surface area contributed by atoms with E-state index >= 15 is 0 Å². The highest BCUT2D eigenvalue weighted by Crippen LogP contribution is 2.29. The first kappa shape index (κ1) is 20.2. The van der Waals surface area contributed by atoms with Gasteiger partial charge in [-0.2, -0.15) is 0 Å². The number of benzene rings is 2. The van der Waals surface area contributed by atoms with Crippen molar-refractivity contribution in [2.75, 3.05) is 11.9 Å². The van der Waals surface area contributed by atoms with Gasteiger partial charge in [-0.25, -0.2) is 4.79 Å². The van der Waals surface area contributed by atoms with Crippen LogP contribution in [-0.2, 0) is 9.59 Å². The smallest absolute Gasteiger partial charge is 0.336 e. The van der Waals surface area contributed by atoms with E-state index in [4.69, 9.17) is 16.6 Å². The number of para-hydroxylation sites is 1. The fourth-order valence-corrected chi connectivity index (χ4v) is 3.52. The predicted octanol–water partition coefficient (Wildman–Crippen LogP) is 3.82. The van der Waals surface area contributed by atoms with E-state index in [-0.39, 0.29) is 22.0 Å². The van der Waals surface area contributed by atoms with Crippen LogP contribution in [0.25, 0.3) is 17.4 Å². The second-order valence-corrected chi connectivity index (χ2v) is 7.10. The van der Waals surface area contributed by atoms with Gasteiger partial charge in [0.2, 0.25) is 0 Å². The van der Waals surface area contributed by atoms with Crippen molar-refractivity contribution in [1.29, 1.82) is 0 Å². The fourth-order valence-electron chi connectivity index (χ4n) is 3.25. The van der Waals surface area contributed by atoms with Crippen molar-refractivity contribution in [2.24, 2.45) is 0 Å². The van der Waals surface area contributed by atoms with E-state index < -0.39 is 17.8 Å². The Morgan fingerprint density at radius 3 is 2.35 bits per heavy atom. The maximum absolute atomic E-state index is 13.1.